The van der Waals surface area contributed by atoms with Gasteiger partial charge in [0.2, 0.25) is 12.7 Å². The molecule has 0 atom stereocenters. The first-order valence-corrected chi connectivity index (χ1v) is 5.91. The van der Waals surface area contributed by atoms with E-state index in [1.165, 1.54) is 0 Å². The molecular formula is C12H11ClN2O3. The van der Waals surface area contributed by atoms with Crippen LogP contribution in [0.4, 0.5) is 5.88 Å². The Labute approximate surface area is 108 Å². The average molecular weight is 267 g/mol. The minimum atomic E-state index is 0.210. The lowest BCUT2D eigenvalue weighted by Gasteiger charge is -2.11. The van der Waals surface area contributed by atoms with Gasteiger partial charge in [0.15, 0.2) is 11.5 Å². The predicted octanol–water partition coefficient (Wildman–Crippen LogP) is 2.87. The summed E-state index contributed by atoms with van der Waals surface area (Å²) in [5.74, 6) is 1.62. The van der Waals surface area contributed by atoms with Gasteiger partial charge in [0.1, 0.15) is 0 Å². The number of nitrogen functional groups attached to an aromatic ring is 1. The van der Waals surface area contributed by atoms with Crippen molar-refractivity contribution in [2.45, 2.75) is 13.3 Å². The Morgan fingerprint density at radius 3 is 2.94 bits per heavy atom. The number of nitrogens with two attached hydrogens (primary N) is 1. The Hall–Kier alpha value is -1.88. The molecule has 94 valence electrons. The van der Waals surface area contributed by atoms with Crippen LogP contribution in [0.15, 0.2) is 16.8 Å². The molecule has 0 radical (unpaired) electrons. The highest BCUT2D eigenvalue weighted by molar-refractivity contribution is 6.34. The van der Waals surface area contributed by atoms with Gasteiger partial charge in [-0.3, -0.25) is 0 Å². The van der Waals surface area contributed by atoms with Crippen molar-refractivity contribution in [2.24, 2.45) is 0 Å². The van der Waals surface area contributed by atoms with Crippen LogP contribution in [0.2, 0.25) is 5.02 Å². The van der Waals surface area contributed by atoms with Gasteiger partial charge in [-0.15, -0.1) is 0 Å². The van der Waals surface area contributed by atoms with E-state index in [9.17, 15) is 0 Å². The maximum absolute atomic E-state index is 6.29. The highest BCUT2D eigenvalue weighted by atomic mass is 35.5. The molecule has 0 spiro atoms. The molecular weight excluding hydrogens is 256 g/mol. The molecule has 0 bridgehead atoms. The van der Waals surface area contributed by atoms with Gasteiger partial charge >= 0.3 is 0 Å². The van der Waals surface area contributed by atoms with Crippen LogP contribution in [-0.4, -0.2) is 11.9 Å². The second-order valence-electron chi connectivity index (χ2n) is 3.90. The molecule has 0 unspecified atom stereocenters. The van der Waals surface area contributed by atoms with E-state index in [1.54, 1.807) is 12.3 Å². The molecule has 2 N–H and O–H groups in total. The van der Waals surface area contributed by atoms with Gasteiger partial charge in [-0.2, -0.15) is 0 Å². The third-order valence-corrected chi connectivity index (χ3v) is 3.23. The van der Waals surface area contributed by atoms with Gasteiger partial charge < -0.3 is 19.7 Å². The average Bonchev–Trinajstić information content (AvgIpc) is 2.96. The Morgan fingerprint density at radius 1 is 1.44 bits per heavy atom. The highest BCUT2D eigenvalue weighted by Crippen LogP contribution is 2.46. The summed E-state index contributed by atoms with van der Waals surface area (Å²) >= 11 is 6.29. The molecule has 0 aliphatic carbocycles. The zero-order valence-corrected chi connectivity index (χ0v) is 10.5. The van der Waals surface area contributed by atoms with Crippen molar-refractivity contribution >= 4 is 17.5 Å². The number of hydrogen-bond donors (Lipinski definition) is 1. The standard InChI is InChI=1S/C12H11ClN2O3/c1-2-6-10(7-4-15-18-12(7)14)8(13)3-9-11(6)17-5-16-9/h3-4H,2,5,14H2,1H3. The second kappa shape index (κ2) is 4.10. The van der Waals surface area contributed by atoms with E-state index in [0.29, 0.717) is 16.3 Å². The van der Waals surface area contributed by atoms with E-state index >= 15 is 0 Å². The topological polar surface area (TPSA) is 70.5 Å². The maximum Gasteiger partial charge on any atom is 0.231 e. The van der Waals surface area contributed by atoms with Crippen molar-refractivity contribution in [3.63, 3.8) is 0 Å². The number of anilines is 1. The van der Waals surface area contributed by atoms with Gasteiger partial charge in [0.25, 0.3) is 0 Å². The monoisotopic (exact) mass is 266 g/mol. The van der Waals surface area contributed by atoms with Crippen LogP contribution in [0.5, 0.6) is 11.5 Å². The second-order valence-corrected chi connectivity index (χ2v) is 4.31. The Balaban J connectivity index is 2.29. The Bertz CT molecular complexity index is 610. The lowest BCUT2D eigenvalue weighted by Crippen LogP contribution is -1.96. The normalized spacial score (nSPS) is 13.0. The molecule has 2 aromatic rings. The fraction of sp³-hybridized carbons (Fsp3) is 0.250. The summed E-state index contributed by atoms with van der Waals surface area (Å²) in [5.41, 5.74) is 8.17. The number of rotatable bonds is 2. The number of fused-ring (bicyclic) bond motifs is 1. The number of aromatic nitrogens is 1. The minimum absolute atomic E-state index is 0.210. The zero-order valence-electron chi connectivity index (χ0n) is 9.70. The first kappa shape index (κ1) is 11.2. The van der Waals surface area contributed by atoms with Crippen molar-refractivity contribution in [1.82, 2.24) is 5.16 Å². The molecule has 1 aliphatic heterocycles. The lowest BCUT2D eigenvalue weighted by atomic mass is 9.98. The molecule has 1 aromatic carbocycles. The fourth-order valence-electron chi connectivity index (χ4n) is 2.14. The van der Waals surface area contributed by atoms with Crippen LogP contribution in [0.3, 0.4) is 0 Å². The summed E-state index contributed by atoms with van der Waals surface area (Å²) in [7, 11) is 0. The highest BCUT2D eigenvalue weighted by Gasteiger charge is 2.25. The van der Waals surface area contributed by atoms with E-state index in [2.05, 4.69) is 5.16 Å². The molecule has 1 aromatic heterocycles. The summed E-state index contributed by atoms with van der Waals surface area (Å²) in [6.07, 6.45) is 2.30. The van der Waals surface area contributed by atoms with Crippen LogP contribution in [0.1, 0.15) is 12.5 Å². The van der Waals surface area contributed by atoms with Gasteiger partial charge in [-0.25, -0.2) is 0 Å². The summed E-state index contributed by atoms with van der Waals surface area (Å²) in [6.45, 7) is 2.22. The summed E-state index contributed by atoms with van der Waals surface area (Å²) in [6, 6.07) is 1.73. The third kappa shape index (κ3) is 1.51. The Morgan fingerprint density at radius 2 is 2.28 bits per heavy atom. The summed E-state index contributed by atoms with van der Waals surface area (Å²) in [4.78, 5) is 0. The predicted molar refractivity (Wildman–Crippen MR) is 66.9 cm³/mol. The van der Waals surface area contributed by atoms with E-state index in [0.717, 1.165) is 23.3 Å². The van der Waals surface area contributed by atoms with E-state index in [-0.39, 0.29) is 12.7 Å². The number of nitrogens with zero attached hydrogens (tertiary/aromatic N) is 1. The first-order chi connectivity index (χ1) is 8.72. The maximum atomic E-state index is 6.29. The van der Waals surface area contributed by atoms with Gasteiger partial charge in [-0.1, -0.05) is 23.7 Å². The van der Waals surface area contributed by atoms with Crippen molar-refractivity contribution in [1.29, 1.82) is 0 Å². The molecule has 3 rings (SSSR count). The lowest BCUT2D eigenvalue weighted by molar-refractivity contribution is 0.173. The van der Waals surface area contributed by atoms with Crippen LogP contribution < -0.4 is 15.2 Å². The fourth-order valence-corrected chi connectivity index (χ4v) is 2.46. The van der Waals surface area contributed by atoms with E-state index < -0.39 is 0 Å². The molecule has 0 saturated carbocycles. The van der Waals surface area contributed by atoms with Crippen molar-refractivity contribution in [3.8, 4) is 22.6 Å². The van der Waals surface area contributed by atoms with Crippen molar-refractivity contribution in [2.75, 3.05) is 12.5 Å². The first-order valence-electron chi connectivity index (χ1n) is 5.53. The number of hydrogen-bond acceptors (Lipinski definition) is 5. The van der Waals surface area contributed by atoms with Crippen molar-refractivity contribution < 1.29 is 14.0 Å². The summed E-state index contributed by atoms with van der Waals surface area (Å²) < 4.78 is 15.7. The number of halogens is 1. The smallest absolute Gasteiger partial charge is 0.231 e. The summed E-state index contributed by atoms with van der Waals surface area (Å²) in [5, 5.41) is 4.22. The van der Waals surface area contributed by atoms with E-state index in [1.807, 2.05) is 6.92 Å². The molecule has 5 nitrogen and oxygen atoms in total. The third-order valence-electron chi connectivity index (χ3n) is 2.94. The molecule has 6 heteroatoms. The van der Waals surface area contributed by atoms with Gasteiger partial charge in [-0.05, 0) is 6.42 Å². The van der Waals surface area contributed by atoms with Crippen LogP contribution in [-0.2, 0) is 6.42 Å². The molecule has 0 amide bonds. The van der Waals surface area contributed by atoms with Crippen LogP contribution >= 0.6 is 11.6 Å². The van der Waals surface area contributed by atoms with Crippen LogP contribution in [0, 0.1) is 0 Å². The Kier molecular flexibility index (Phi) is 2.56. The van der Waals surface area contributed by atoms with Crippen molar-refractivity contribution in [3.05, 3.63) is 22.8 Å². The molecule has 0 saturated heterocycles. The van der Waals surface area contributed by atoms with Gasteiger partial charge in [0.05, 0.1) is 16.8 Å². The van der Waals surface area contributed by atoms with Gasteiger partial charge in [0, 0.05) is 17.2 Å². The molecule has 1 aliphatic rings. The van der Waals surface area contributed by atoms with Crippen LogP contribution in [0.25, 0.3) is 11.1 Å². The largest absolute Gasteiger partial charge is 0.454 e. The number of benzene rings is 1. The van der Waals surface area contributed by atoms with E-state index in [4.69, 9.17) is 31.3 Å². The minimum Gasteiger partial charge on any atom is -0.454 e. The quantitative estimate of drug-likeness (QED) is 0.905. The molecule has 0 fully saturated rings. The number of ether oxygens (including phenoxy) is 2. The zero-order chi connectivity index (χ0) is 12.7. The molecule has 2 heterocycles. The molecule has 18 heavy (non-hydrogen) atoms. The SMILES string of the molecule is CCc1c2c(cc(Cl)c1-c1cnoc1N)OCO2.